The molecule has 20 heavy (non-hydrogen) atoms. The van der Waals surface area contributed by atoms with Gasteiger partial charge in [-0.2, -0.15) is 0 Å². The van der Waals surface area contributed by atoms with Crippen LogP contribution in [0.25, 0.3) is 0 Å². The van der Waals surface area contributed by atoms with Gasteiger partial charge in [-0.1, -0.05) is 18.2 Å². The average molecular weight is 288 g/mol. The van der Waals surface area contributed by atoms with E-state index >= 15 is 0 Å². The van der Waals surface area contributed by atoms with E-state index in [1.807, 2.05) is 34.5 Å². The zero-order valence-electron chi connectivity index (χ0n) is 11.3. The Balaban J connectivity index is 1.99. The number of hydrogen-bond acceptors (Lipinski definition) is 4. The van der Waals surface area contributed by atoms with Gasteiger partial charge < -0.3 is 15.0 Å². The molecule has 1 aliphatic heterocycles. The molecular formula is C15H16N2O2S. The van der Waals surface area contributed by atoms with Crippen molar-refractivity contribution >= 4 is 22.9 Å². The lowest BCUT2D eigenvalue weighted by atomic mass is 10.1. The van der Waals surface area contributed by atoms with Crippen LogP contribution < -0.4 is 15.0 Å². The Morgan fingerprint density at radius 3 is 3.05 bits per heavy atom. The van der Waals surface area contributed by atoms with Gasteiger partial charge in [-0.05, 0) is 23.1 Å². The van der Waals surface area contributed by atoms with Crippen LogP contribution in [0.5, 0.6) is 5.75 Å². The van der Waals surface area contributed by atoms with Gasteiger partial charge in [-0.25, -0.2) is 0 Å². The average Bonchev–Trinajstić information content (AvgIpc) is 2.86. The van der Waals surface area contributed by atoms with Crippen molar-refractivity contribution in [2.24, 2.45) is 0 Å². The van der Waals surface area contributed by atoms with Gasteiger partial charge in [-0.3, -0.25) is 4.79 Å². The summed E-state index contributed by atoms with van der Waals surface area (Å²) in [5.41, 5.74) is 2.13. The van der Waals surface area contributed by atoms with Gasteiger partial charge in [0, 0.05) is 25.3 Å². The van der Waals surface area contributed by atoms with Crippen LogP contribution in [-0.2, 0) is 6.54 Å². The molecule has 0 saturated heterocycles. The third kappa shape index (κ3) is 2.30. The quantitative estimate of drug-likeness (QED) is 0.923. The lowest BCUT2D eigenvalue weighted by Gasteiger charge is -2.22. The summed E-state index contributed by atoms with van der Waals surface area (Å²) in [6.07, 6.45) is 0. The van der Waals surface area contributed by atoms with Gasteiger partial charge in [0.25, 0.3) is 5.91 Å². The first-order valence-electron chi connectivity index (χ1n) is 6.53. The molecule has 1 aromatic heterocycles. The van der Waals surface area contributed by atoms with Crippen LogP contribution in [0.15, 0.2) is 35.7 Å². The highest BCUT2D eigenvalue weighted by molar-refractivity contribution is 7.12. The van der Waals surface area contributed by atoms with Gasteiger partial charge in [0.1, 0.15) is 10.6 Å². The molecule has 0 radical (unpaired) electrons. The number of nitrogens with zero attached hydrogens (tertiary/aromatic N) is 1. The molecule has 1 aromatic carbocycles. The molecule has 0 aliphatic carbocycles. The normalized spacial score (nSPS) is 14.6. The van der Waals surface area contributed by atoms with Crippen LogP contribution in [0.1, 0.15) is 15.2 Å². The Morgan fingerprint density at radius 1 is 1.35 bits per heavy atom. The first kappa shape index (κ1) is 13.1. The van der Waals surface area contributed by atoms with E-state index in [1.165, 1.54) is 11.3 Å². The van der Waals surface area contributed by atoms with Gasteiger partial charge in [0.05, 0.1) is 7.11 Å². The molecule has 0 fully saturated rings. The molecule has 2 aromatic rings. The fourth-order valence-corrected chi connectivity index (χ4v) is 3.21. The highest BCUT2D eigenvalue weighted by Crippen LogP contribution is 2.30. The summed E-state index contributed by atoms with van der Waals surface area (Å²) in [5, 5.41) is 5.22. The van der Waals surface area contributed by atoms with Crippen molar-refractivity contribution < 1.29 is 9.53 Å². The smallest absolute Gasteiger partial charge is 0.272 e. The number of ether oxygens (including phenoxy) is 1. The molecule has 0 spiro atoms. The van der Waals surface area contributed by atoms with Gasteiger partial charge >= 0.3 is 0 Å². The highest BCUT2D eigenvalue weighted by Gasteiger charge is 2.25. The van der Waals surface area contributed by atoms with Crippen LogP contribution in [-0.4, -0.2) is 26.1 Å². The van der Waals surface area contributed by atoms with Crippen molar-refractivity contribution in [3.05, 3.63) is 46.2 Å². The SMILES string of the molecule is COc1ccsc1C(=O)N1CCNCc2ccccc21. The van der Waals surface area contributed by atoms with Crippen molar-refractivity contribution in [3.8, 4) is 5.75 Å². The van der Waals surface area contributed by atoms with Gasteiger partial charge in [-0.15, -0.1) is 11.3 Å². The Kier molecular flexibility index (Phi) is 3.71. The predicted octanol–water partition coefficient (Wildman–Crippen LogP) is 2.51. The molecule has 5 heteroatoms. The largest absolute Gasteiger partial charge is 0.495 e. The van der Waals surface area contributed by atoms with E-state index in [1.54, 1.807) is 7.11 Å². The summed E-state index contributed by atoms with van der Waals surface area (Å²) in [6, 6.07) is 9.86. The van der Waals surface area contributed by atoms with E-state index in [0.29, 0.717) is 17.2 Å². The number of amides is 1. The predicted molar refractivity (Wildman–Crippen MR) is 80.7 cm³/mol. The molecule has 0 bridgehead atoms. The number of benzene rings is 1. The fraction of sp³-hybridized carbons (Fsp3) is 0.267. The Morgan fingerprint density at radius 2 is 2.20 bits per heavy atom. The number of hydrogen-bond donors (Lipinski definition) is 1. The number of para-hydroxylation sites is 1. The standard InChI is InChI=1S/C15H16N2O2S/c1-19-13-6-9-20-14(13)15(18)17-8-7-16-10-11-4-2-3-5-12(11)17/h2-6,9,16H,7-8,10H2,1H3. The molecule has 2 heterocycles. The Hall–Kier alpha value is -1.85. The molecule has 4 nitrogen and oxygen atoms in total. The van der Waals surface area contributed by atoms with E-state index in [-0.39, 0.29) is 5.91 Å². The van der Waals surface area contributed by atoms with Crippen LogP contribution in [0.4, 0.5) is 5.69 Å². The van der Waals surface area contributed by atoms with Gasteiger partial charge in [0.15, 0.2) is 0 Å². The maximum absolute atomic E-state index is 12.8. The molecule has 0 atom stereocenters. The zero-order chi connectivity index (χ0) is 13.9. The molecule has 3 rings (SSSR count). The van der Waals surface area contributed by atoms with Crippen molar-refractivity contribution in [3.63, 3.8) is 0 Å². The summed E-state index contributed by atoms with van der Waals surface area (Å²) >= 11 is 1.42. The Labute approximate surface area is 122 Å². The van der Waals surface area contributed by atoms with Crippen LogP contribution in [0.2, 0.25) is 0 Å². The summed E-state index contributed by atoms with van der Waals surface area (Å²) in [6.45, 7) is 2.24. The number of nitrogens with one attached hydrogen (secondary N) is 1. The lowest BCUT2D eigenvalue weighted by Crippen LogP contribution is -2.34. The Bertz CT molecular complexity index is 624. The molecule has 1 N–H and O–H groups in total. The minimum Gasteiger partial charge on any atom is -0.495 e. The molecular weight excluding hydrogens is 272 g/mol. The first-order chi connectivity index (χ1) is 9.81. The highest BCUT2D eigenvalue weighted by atomic mass is 32.1. The third-order valence-corrected chi connectivity index (χ3v) is 4.28. The summed E-state index contributed by atoms with van der Waals surface area (Å²) in [5.74, 6) is 0.655. The van der Waals surface area contributed by atoms with Crippen LogP contribution >= 0.6 is 11.3 Å². The maximum atomic E-state index is 12.8. The third-order valence-electron chi connectivity index (χ3n) is 3.40. The summed E-state index contributed by atoms with van der Waals surface area (Å²) < 4.78 is 5.26. The minimum absolute atomic E-state index is 0.00741. The molecule has 104 valence electrons. The van der Waals surface area contributed by atoms with Crippen LogP contribution in [0, 0.1) is 0 Å². The zero-order valence-corrected chi connectivity index (χ0v) is 12.1. The van der Waals surface area contributed by atoms with E-state index in [2.05, 4.69) is 11.4 Å². The fourth-order valence-electron chi connectivity index (χ4n) is 2.41. The van der Waals surface area contributed by atoms with Crippen molar-refractivity contribution in [1.82, 2.24) is 5.32 Å². The van der Waals surface area contributed by atoms with E-state index in [9.17, 15) is 4.79 Å². The monoisotopic (exact) mass is 288 g/mol. The topological polar surface area (TPSA) is 41.6 Å². The van der Waals surface area contributed by atoms with Gasteiger partial charge in [0.2, 0.25) is 0 Å². The molecule has 0 saturated carbocycles. The number of thiophene rings is 1. The number of anilines is 1. The second kappa shape index (κ2) is 5.64. The maximum Gasteiger partial charge on any atom is 0.272 e. The summed E-state index contributed by atoms with van der Waals surface area (Å²) in [7, 11) is 1.59. The number of carbonyl (C=O) groups is 1. The molecule has 1 aliphatic rings. The number of rotatable bonds is 2. The number of methoxy groups -OCH3 is 1. The molecule has 0 unspecified atom stereocenters. The van der Waals surface area contributed by atoms with E-state index < -0.39 is 0 Å². The lowest BCUT2D eigenvalue weighted by molar-refractivity contribution is 0.0989. The second-order valence-electron chi connectivity index (χ2n) is 4.58. The number of carbonyl (C=O) groups excluding carboxylic acids is 1. The van der Waals surface area contributed by atoms with E-state index in [4.69, 9.17) is 4.74 Å². The second-order valence-corrected chi connectivity index (χ2v) is 5.50. The first-order valence-corrected chi connectivity index (χ1v) is 7.41. The van der Waals surface area contributed by atoms with Crippen LogP contribution in [0.3, 0.4) is 0 Å². The van der Waals surface area contributed by atoms with Crippen molar-refractivity contribution in [2.75, 3.05) is 25.1 Å². The van der Waals surface area contributed by atoms with Crippen molar-refractivity contribution in [2.45, 2.75) is 6.54 Å². The van der Waals surface area contributed by atoms with E-state index in [0.717, 1.165) is 24.3 Å². The van der Waals surface area contributed by atoms with Crippen molar-refractivity contribution in [1.29, 1.82) is 0 Å². The minimum atomic E-state index is 0.00741. The number of fused-ring (bicyclic) bond motifs is 1. The summed E-state index contributed by atoms with van der Waals surface area (Å²) in [4.78, 5) is 15.3. The molecule has 1 amide bonds.